The van der Waals surface area contributed by atoms with E-state index < -0.39 is 18.0 Å². The Morgan fingerprint density at radius 3 is 2.07 bits per heavy atom. The van der Waals surface area contributed by atoms with Gasteiger partial charge in [-0.15, -0.1) is 0 Å². The van der Waals surface area contributed by atoms with Crippen LogP contribution in [0.1, 0.15) is 20.3 Å². The third-order valence-electron chi connectivity index (χ3n) is 1.41. The average molecular weight is 217 g/mol. The summed E-state index contributed by atoms with van der Waals surface area (Å²) in [5.74, 6) is -0.949. The average Bonchev–Trinajstić information content (AvgIpc) is 2.16. The number of carboxylic acids is 1. The second-order valence-corrected chi connectivity index (χ2v) is 3.30. The van der Waals surface area contributed by atoms with E-state index in [0.717, 1.165) is 6.08 Å². The first kappa shape index (κ1) is 16.1. The zero-order valence-corrected chi connectivity index (χ0v) is 9.40. The molecule has 15 heavy (non-hydrogen) atoms. The molecule has 0 amide bonds. The maximum atomic E-state index is 10.1. The fourth-order valence-corrected chi connectivity index (χ4v) is 0.692. The quantitative estimate of drug-likeness (QED) is 0.536. The van der Waals surface area contributed by atoms with Crippen LogP contribution in [0.15, 0.2) is 12.7 Å². The molecule has 0 fully saturated rings. The summed E-state index contributed by atoms with van der Waals surface area (Å²) in [4.78, 5) is 20.0. The number of nitrogens with two attached hydrogens (primary N) is 1. The van der Waals surface area contributed by atoms with Crippen molar-refractivity contribution in [1.82, 2.24) is 0 Å². The van der Waals surface area contributed by atoms with Crippen LogP contribution in [-0.4, -0.2) is 30.2 Å². The largest absolute Gasteiger partial charge is 0.480 e. The fraction of sp³-hybridized carbons (Fsp3) is 0.600. The Labute approximate surface area is 89.9 Å². The van der Waals surface area contributed by atoms with Crippen LogP contribution in [-0.2, 0) is 14.3 Å². The van der Waals surface area contributed by atoms with Crippen molar-refractivity contribution in [1.29, 1.82) is 0 Å². The van der Waals surface area contributed by atoms with E-state index in [-0.39, 0.29) is 0 Å². The Hall–Kier alpha value is -1.36. The summed E-state index contributed by atoms with van der Waals surface area (Å²) in [6.45, 7) is 7.05. The fourth-order valence-electron chi connectivity index (χ4n) is 0.692. The monoisotopic (exact) mass is 217 g/mol. The molecule has 0 heterocycles. The van der Waals surface area contributed by atoms with Crippen LogP contribution in [0.3, 0.4) is 0 Å². The van der Waals surface area contributed by atoms with Gasteiger partial charge < -0.3 is 15.6 Å². The summed E-state index contributed by atoms with van der Waals surface area (Å²) >= 11 is 0. The minimum absolute atomic E-state index is 0.357. The van der Waals surface area contributed by atoms with Gasteiger partial charge in [0.25, 0.3) is 0 Å². The Balaban J connectivity index is 0. The first-order chi connectivity index (χ1) is 6.84. The summed E-state index contributed by atoms with van der Waals surface area (Å²) in [7, 11) is 1.31. The normalized spacial score (nSPS) is 11.0. The predicted molar refractivity (Wildman–Crippen MR) is 57.3 cm³/mol. The molecule has 5 nitrogen and oxygen atoms in total. The Morgan fingerprint density at radius 2 is 2.00 bits per heavy atom. The van der Waals surface area contributed by atoms with E-state index in [9.17, 15) is 9.59 Å². The highest BCUT2D eigenvalue weighted by Gasteiger charge is 2.11. The van der Waals surface area contributed by atoms with E-state index in [1.54, 1.807) is 0 Å². The second kappa shape index (κ2) is 9.21. The van der Waals surface area contributed by atoms with Crippen LogP contribution in [0.4, 0.5) is 0 Å². The Morgan fingerprint density at radius 1 is 1.53 bits per heavy atom. The predicted octanol–water partition coefficient (Wildman–Crippen LogP) is 0.790. The molecule has 0 aromatic heterocycles. The number of methoxy groups -OCH3 is 1. The molecule has 0 aliphatic heterocycles. The molecule has 5 heteroatoms. The molecule has 0 saturated heterocycles. The van der Waals surface area contributed by atoms with Crippen molar-refractivity contribution in [3.63, 3.8) is 0 Å². The van der Waals surface area contributed by atoms with E-state index in [0.29, 0.717) is 12.3 Å². The Kier molecular flexibility index (Phi) is 9.87. The van der Waals surface area contributed by atoms with Gasteiger partial charge in [-0.05, 0) is 12.3 Å². The first-order valence-electron chi connectivity index (χ1n) is 4.53. The van der Waals surface area contributed by atoms with Crippen LogP contribution in [0, 0.1) is 5.92 Å². The number of esters is 1. The van der Waals surface area contributed by atoms with E-state index in [2.05, 4.69) is 11.3 Å². The number of rotatable bonds is 4. The van der Waals surface area contributed by atoms with E-state index in [1.807, 2.05) is 13.8 Å². The first-order valence-corrected chi connectivity index (χ1v) is 4.53. The molecule has 0 radical (unpaired) electrons. The highest BCUT2D eigenvalue weighted by atomic mass is 16.5. The molecule has 0 aliphatic rings. The number of ether oxygens (including phenoxy) is 1. The summed E-state index contributed by atoms with van der Waals surface area (Å²) in [6, 6.07) is -0.690. The van der Waals surface area contributed by atoms with Gasteiger partial charge in [0.15, 0.2) is 0 Å². The molecule has 0 spiro atoms. The lowest BCUT2D eigenvalue weighted by molar-refractivity contribution is -0.139. The summed E-state index contributed by atoms with van der Waals surface area (Å²) in [5, 5.41) is 8.31. The molecule has 0 bridgehead atoms. The third kappa shape index (κ3) is 12.6. The molecular weight excluding hydrogens is 198 g/mol. The maximum Gasteiger partial charge on any atom is 0.329 e. The molecule has 0 aromatic rings. The highest BCUT2D eigenvalue weighted by molar-refractivity contribution is 5.80. The molecular formula is C10H19NO4. The number of hydrogen-bond acceptors (Lipinski definition) is 4. The van der Waals surface area contributed by atoms with E-state index >= 15 is 0 Å². The lowest BCUT2D eigenvalue weighted by Gasteiger charge is -2.07. The second-order valence-electron chi connectivity index (χ2n) is 3.30. The topological polar surface area (TPSA) is 89.6 Å². The van der Waals surface area contributed by atoms with Gasteiger partial charge in [-0.2, -0.15) is 0 Å². The molecule has 0 aliphatic carbocycles. The highest BCUT2D eigenvalue weighted by Crippen LogP contribution is 2.01. The van der Waals surface area contributed by atoms with Crippen molar-refractivity contribution in [2.24, 2.45) is 11.7 Å². The van der Waals surface area contributed by atoms with Gasteiger partial charge in [-0.25, -0.2) is 4.79 Å². The van der Waals surface area contributed by atoms with Crippen molar-refractivity contribution in [2.75, 3.05) is 7.11 Å². The van der Waals surface area contributed by atoms with Crippen LogP contribution < -0.4 is 5.73 Å². The van der Waals surface area contributed by atoms with Crippen LogP contribution in [0.5, 0.6) is 0 Å². The summed E-state index contributed by atoms with van der Waals surface area (Å²) in [6.07, 6.45) is 1.66. The van der Waals surface area contributed by atoms with E-state index in [4.69, 9.17) is 10.8 Å². The lowest BCUT2D eigenvalue weighted by atomic mass is 10.1. The minimum Gasteiger partial charge on any atom is -0.480 e. The van der Waals surface area contributed by atoms with Crippen molar-refractivity contribution in [2.45, 2.75) is 26.3 Å². The molecule has 0 rings (SSSR count). The van der Waals surface area contributed by atoms with Gasteiger partial charge in [-0.1, -0.05) is 20.4 Å². The van der Waals surface area contributed by atoms with Crippen molar-refractivity contribution >= 4 is 11.9 Å². The minimum atomic E-state index is -0.913. The molecule has 1 unspecified atom stereocenters. The van der Waals surface area contributed by atoms with Crippen LogP contribution in [0.25, 0.3) is 0 Å². The summed E-state index contributed by atoms with van der Waals surface area (Å²) in [5.41, 5.74) is 5.22. The van der Waals surface area contributed by atoms with Gasteiger partial charge >= 0.3 is 11.9 Å². The third-order valence-corrected chi connectivity index (χ3v) is 1.41. The number of carbonyl (C=O) groups excluding carboxylic acids is 1. The van der Waals surface area contributed by atoms with Crippen molar-refractivity contribution in [3.05, 3.63) is 12.7 Å². The molecule has 3 N–H and O–H groups in total. The number of carbonyl (C=O) groups is 2. The molecule has 0 aromatic carbocycles. The van der Waals surface area contributed by atoms with Crippen LogP contribution >= 0.6 is 0 Å². The molecule has 0 saturated carbocycles. The van der Waals surface area contributed by atoms with Gasteiger partial charge in [0.2, 0.25) is 0 Å². The molecule has 88 valence electrons. The number of hydrogen-bond donors (Lipinski definition) is 2. The smallest absolute Gasteiger partial charge is 0.329 e. The standard InChI is InChI=1S/C6H13NO2.C4H6O2/c1-4(2)3-5(7)6(8)9;1-3-4(5)6-2/h4-5H,3,7H2,1-2H3,(H,8,9);3H,1H2,2H3. The van der Waals surface area contributed by atoms with Gasteiger partial charge in [0.1, 0.15) is 6.04 Å². The van der Waals surface area contributed by atoms with E-state index in [1.165, 1.54) is 7.11 Å². The van der Waals surface area contributed by atoms with Gasteiger partial charge in [0.05, 0.1) is 7.11 Å². The van der Waals surface area contributed by atoms with Gasteiger partial charge in [-0.3, -0.25) is 4.79 Å². The zero-order valence-electron chi connectivity index (χ0n) is 9.40. The molecule has 1 atom stereocenters. The maximum absolute atomic E-state index is 10.1. The van der Waals surface area contributed by atoms with Gasteiger partial charge in [0, 0.05) is 6.08 Å². The summed E-state index contributed by atoms with van der Waals surface area (Å²) < 4.78 is 4.14. The zero-order chi connectivity index (χ0) is 12.4. The lowest BCUT2D eigenvalue weighted by Crippen LogP contribution is -2.31. The Bertz CT molecular complexity index is 213. The number of aliphatic carboxylic acids is 1. The van der Waals surface area contributed by atoms with Crippen molar-refractivity contribution < 1.29 is 19.4 Å². The van der Waals surface area contributed by atoms with Crippen molar-refractivity contribution in [3.8, 4) is 0 Å². The number of carboxylic acid groups (broad SMARTS) is 1. The SMILES string of the molecule is C=CC(=O)OC.CC(C)CC(N)C(=O)O. The van der Waals surface area contributed by atoms with Crippen LogP contribution in [0.2, 0.25) is 0 Å².